The molecule has 0 spiro atoms. The SMILES string of the molecule is CCCCc1cc(-n2c(C)nccc2=O)c(C(=O)OCC)cc1-c1ccccc1-c1noc(C(Cl)(Cl)Cl)n1. The van der Waals surface area contributed by atoms with E-state index in [0.717, 1.165) is 29.5 Å². The van der Waals surface area contributed by atoms with E-state index in [1.807, 2.05) is 30.3 Å². The number of unbranched alkanes of at least 4 members (excludes halogenated alkanes) is 1. The summed E-state index contributed by atoms with van der Waals surface area (Å²) < 4.78 is 10.1. The lowest BCUT2D eigenvalue weighted by Gasteiger charge is -2.19. The number of benzene rings is 2. The molecule has 8 nitrogen and oxygen atoms in total. The van der Waals surface area contributed by atoms with Gasteiger partial charge in [0.05, 0.1) is 17.9 Å². The van der Waals surface area contributed by atoms with E-state index in [9.17, 15) is 9.59 Å². The standard InChI is InChI=1S/C27H25Cl3N4O4/c1-4-6-9-17-14-22(34-16(3)31-13-12-23(34)35)21(25(36)37-5-2)15-20(17)18-10-7-8-11-19(18)24-32-26(38-33-24)27(28,29)30/h7-8,10-15H,4-6,9H2,1-3H3. The maximum Gasteiger partial charge on any atom is 0.340 e. The number of hydrogen-bond acceptors (Lipinski definition) is 7. The van der Waals surface area contributed by atoms with Crippen molar-refractivity contribution in [1.82, 2.24) is 19.7 Å². The van der Waals surface area contributed by atoms with Crippen LogP contribution in [0.1, 0.15) is 54.3 Å². The molecule has 2 heterocycles. The molecule has 0 saturated carbocycles. The Hall–Kier alpha value is -3.20. The van der Waals surface area contributed by atoms with Gasteiger partial charge in [0.1, 0.15) is 5.82 Å². The minimum absolute atomic E-state index is 0.160. The van der Waals surface area contributed by atoms with Crippen LogP contribution >= 0.6 is 34.8 Å². The number of carbonyl (C=O) groups excluding carboxylic acids is 1. The molecule has 0 radical (unpaired) electrons. The molecule has 4 aromatic rings. The molecule has 0 aliphatic heterocycles. The van der Waals surface area contributed by atoms with Gasteiger partial charge in [-0.05, 0) is 55.5 Å². The van der Waals surface area contributed by atoms with E-state index < -0.39 is 9.76 Å². The highest BCUT2D eigenvalue weighted by Gasteiger charge is 2.31. The molecule has 0 fully saturated rings. The van der Waals surface area contributed by atoms with Crippen LogP contribution < -0.4 is 5.56 Å². The zero-order chi connectivity index (χ0) is 27.4. The molecule has 0 bridgehead atoms. The number of rotatable bonds is 8. The fourth-order valence-corrected chi connectivity index (χ4v) is 4.40. The smallest absolute Gasteiger partial charge is 0.340 e. The largest absolute Gasteiger partial charge is 0.462 e. The fourth-order valence-electron chi connectivity index (χ4n) is 4.17. The van der Waals surface area contributed by atoms with Gasteiger partial charge in [-0.25, -0.2) is 9.78 Å². The summed E-state index contributed by atoms with van der Waals surface area (Å²) in [6.07, 6.45) is 3.96. The fraction of sp³-hybridized carbons (Fsp3) is 0.296. The maximum absolute atomic E-state index is 13.2. The van der Waals surface area contributed by atoms with Gasteiger partial charge in [-0.15, -0.1) is 0 Å². The molecule has 0 atom stereocenters. The Balaban J connectivity index is 2.01. The number of halogens is 3. The van der Waals surface area contributed by atoms with Gasteiger partial charge in [-0.2, -0.15) is 4.98 Å². The topological polar surface area (TPSA) is 100 Å². The lowest BCUT2D eigenvalue weighted by atomic mass is 9.90. The van der Waals surface area contributed by atoms with Gasteiger partial charge < -0.3 is 9.26 Å². The van der Waals surface area contributed by atoms with Gasteiger partial charge in [0, 0.05) is 17.8 Å². The highest BCUT2D eigenvalue weighted by Crippen LogP contribution is 2.40. The lowest BCUT2D eigenvalue weighted by molar-refractivity contribution is 0.0526. The van der Waals surface area contributed by atoms with E-state index in [4.69, 9.17) is 44.1 Å². The van der Waals surface area contributed by atoms with E-state index >= 15 is 0 Å². The van der Waals surface area contributed by atoms with Crippen LogP contribution in [0, 0.1) is 6.92 Å². The molecule has 2 aromatic carbocycles. The lowest BCUT2D eigenvalue weighted by Crippen LogP contribution is -2.23. The number of carbonyl (C=O) groups is 1. The normalized spacial score (nSPS) is 11.5. The first-order valence-corrected chi connectivity index (χ1v) is 13.2. The molecule has 0 amide bonds. The molecule has 0 aliphatic carbocycles. The third-order valence-corrected chi connectivity index (χ3v) is 6.39. The van der Waals surface area contributed by atoms with Crippen LogP contribution in [-0.2, 0) is 15.0 Å². The van der Waals surface area contributed by atoms with Crippen molar-refractivity contribution in [3.8, 4) is 28.2 Å². The summed E-state index contributed by atoms with van der Waals surface area (Å²) in [5.41, 5.74) is 3.37. The van der Waals surface area contributed by atoms with Crippen molar-refractivity contribution in [2.75, 3.05) is 6.61 Å². The Morgan fingerprint density at radius 1 is 1.08 bits per heavy atom. The number of alkyl halides is 3. The Morgan fingerprint density at radius 2 is 1.82 bits per heavy atom. The van der Waals surface area contributed by atoms with Gasteiger partial charge in [0.15, 0.2) is 0 Å². The molecule has 38 heavy (non-hydrogen) atoms. The number of ether oxygens (including phenoxy) is 1. The monoisotopic (exact) mass is 574 g/mol. The van der Waals surface area contributed by atoms with Gasteiger partial charge in [0.25, 0.3) is 15.2 Å². The van der Waals surface area contributed by atoms with E-state index in [1.54, 1.807) is 19.9 Å². The average molecular weight is 576 g/mol. The van der Waals surface area contributed by atoms with Crippen LogP contribution in [0.4, 0.5) is 0 Å². The van der Waals surface area contributed by atoms with Crippen LogP contribution in [0.2, 0.25) is 0 Å². The average Bonchev–Trinajstić information content (AvgIpc) is 3.38. The summed E-state index contributed by atoms with van der Waals surface area (Å²) in [4.78, 5) is 34.6. The molecule has 2 aromatic heterocycles. The van der Waals surface area contributed by atoms with Crippen LogP contribution in [0.15, 0.2) is 58.0 Å². The second-order valence-corrected chi connectivity index (χ2v) is 10.8. The molecule has 0 aliphatic rings. The summed E-state index contributed by atoms with van der Waals surface area (Å²) in [5.74, 6) is -0.0444. The first-order chi connectivity index (χ1) is 18.2. The van der Waals surface area contributed by atoms with Crippen molar-refractivity contribution in [2.45, 2.75) is 43.8 Å². The van der Waals surface area contributed by atoms with E-state index in [-0.39, 0.29) is 29.4 Å². The number of esters is 1. The molecule has 4 rings (SSSR count). The van der Waals surface area contributed by atoms with Crippen LogP contribution in [0.25, 0.3) is 28.2 Å². The van der Waals surface area contributed by atoms with Crippen molar-refractivity contribution in [3.63, 3.8) is 0 Å². The Labute approximate surface area is 234 Å². The van der Waals surface area contributed by atoms with Gasteiger partial charge in [0.2, 0.25) is 5.82 Å². The third-order valence-electron chi connectivity index (χ3n) is 5.91. The maximum atomic E-state index is 13.2. The summed E-state index contributed by atoms with van der Waals surface area (Å²) in [5, 5.41) is 4.02. The third kappa shape index (κ3) is 5.77. The van der Waals surface area contributed by atoms with E-state index in [1.165, 1.54) is 16.8 Å². The molecular weight excluding hydrogens is 551 g/mol. The van der Waals surface area contributed by atoms with Crippen LogP contribution in [0.5, 0.6) is 0 Å². The summed E-state index contributed by atoms with van der Waals surface area (Å²) >= 11 is 17.8. The van der Waals surface area contributed by atoms with Gasteiger partial charge in [-0.1, -0.05) is 77.6 Å². The molecule has 11 heteroatoms. The van der Waals surface area contributed by atoms with Crippen molar-refractivity contribution in [1.29, 1.82) is 0 Å². The zero-order valence-electron chi connectivity index (χ0n) is 21.0. The molecule has 0 unspecified atom stereocenters. The Kier molecular flexibility index (Phi) is 8.55. The van der Waals surface area contributed by atoms with Gasteiger partial charge >= 0.3 is 5.97 Å². The summed E-state index contributed by atoms with van der Waals surface area (Å²) in [6, 6.07) is 12.4. The highest BCUT2D eigenvalue weighted by molar-refractivity contribution is 6.66. The first-order valence-electron chi connectivity index (χ1n) is 12.0. The molecular formula is C27H25Cl3N4O4. The van der Waals surface area contributed by atoms with Crippen molar-refractivity contribution in [3.05, 3.63) is 81.9 Å². The quantitative estimate of drug-likeness (QED) is 0.172. The zero-order valence-corrected chi connectivity index (χ0v) is 23.3. The van der Waals surface area contributed by atoms with E-state index in [0.29, 0.717) is 23.5 Å². The van der Waals surface area contributed by atoms with Crippen molar-refractivity contribution < 1.29 is 14.1 Å². The summed E-state index contributed by atoms with van der Waals surface area (Å²) in [6.45, 7) is 5.70. The predicted molar refractivity (Wildman–Crippen MR) is 147 cm³/mol. The highest BCUT2D eigenvalue weighted by atomic mass is 35.6. The Morgan fingerprint density at radius 3 is 2.45 bits per heavy atom. The van der Waals surface area contributed by atoms with Gasteiger partial charge in [-0.3, -0.25) is 9.36 Å². The minimum atomic E-state index is -1.87. The van der Waals surface area contributed by atoms with E-state index in [2.05, 4.69) is 22.0 Å². The molecule has 0 saturated heterocycles. The minimum Gasteiger partial charge on any atom is -0.462 e. The predicted octanol–water partition coefficient (Wildman–Crippen LogP) is 6.60. The van der Waals surface area contributed by atoms with Crippen molar-refractivity contribution >= 4 is 40.8 Å². The number of aromatic nitrogens is 4. The van der Waals surface area contributed by atoms with Crippen LogP contribution in [0.3, 0.4) is 0 Å². The molecule has 0 N–H and O–H groups in total. The Bertz CT molecular complexity index is 1530. The van der Waals surface area contributed by atoms with Crippen molar-refractivity contribution in [2.24, 2.45) is 0 Å². The summed E-state index contributed by atoms with van der Waals surface area (Å²) in [7, 11) is 0. The number of aryl methyl sites for hydroxylation is 2. The van der Waals surface area contributed by atoms with Crippen LogP contribution in [-0.4, -0.2) is 32.3 Å². The number of nitrogens with zero attached hydrogens (tertiary/aromatic N) is 4. The second kappa shape index (κ2) is 11.7. The first kappa shape index (κ1) is 27.8. The number of hydrogen-bond donors (Lipinski definition) is 0. The molecule has 198 valence electrons. The second-order valence-electron chi connectivity index (χ2n) is 8.48.